The highest BCUT2D eigenvalue weighted by molar-refractivity contribution is 7.92. The highest BCUT2D eigenvalue weighted by Crippen LogP contribution is 2.34. The number of sulfonamides is 1. The van der Waals surface area contributed by atoms with Crippen LogP contribution >= 0.6 is 0 Å². The first-order chi connectivity index (χ1) is 21.2. The smallest absolute Gasteiger partial charge is 0.264 e. The summed E-state index contributed by atoms with van der Waals surface area (Å²) in [6, 6.07) is 13.5. The Labute approximate surface area is 255 Å². The number of amides is 2. The number of nitrogens with zero attached hydrogens (tertiary/aromatic N) is 2. The Hall–Kier alpha value is -4.19. The maximum absolute atomic E-state index is 14.2. The van der Waals surface area contributed by atoms with E-state index >= 15 is 0 Å². The highest BCUT2D eigenvalue weighted by atomic mass is 32.2. The van der Waals surface area contributed by atoms with Crippen LogP contribution in [0.15, 0.2) is 71.6 Å². The molecule has 1 aliphatic carbocycles. The molecule has 2 aliphatic rings. The standard InChI is InChI=1S/C32H35F2N3O6S/c1-2-28(32(39)35-25-5-3-4-6-25)36(20-22-7-9-23(33)10-8-22)31(38)21-37(26-13-11-24(34)12-14-26)44(40,41)27-15-16-29-30(19-27)43-18-17-42-29/h7-16,19,25,28H,2-6,17-18,20-21H2,1H3,(H,35,39)/t28-/m1/s1. The van der Waals surface area contributed by atoms with Crippen LogP contribution in [0, 0.1) is 11.6 Å². The first kappa shape index (κ1) is 31.2. The topological polar surface area (TPSA) is 105 Å². The van der Waals surface area contributed by atoms with E-state index in [-0.39, 0.29) is 47.9 Å². The molecule has 0 unspecified atom stereocenters. The fourth-order valence-electron chi connectivity index (χ4n) is 5.52. The van der Waals surface area contributed by atoms with Crippen molar-refractivity contribution in [2.45, 2.75) is 62.6 Å². The quantitative estimate of drug-likeness (QED) is 0.328. The maximum atomic E-state index is 14.2. The van der Waals surface area contributed by atoms with Crippen molar-refractivity contribution >= 4 is 27.5 Å². The monoisotopic (exact) mass is 627 g/mol. The molecule has 0 bridgehead atoms. The number of rotatable bonds is 11. The third-order valence-corrected chi connectivity index (χ3v) is 9.62. The van der Waals surface area contributed by atoms with Crippen molar-refractivity contribution in [1.82, 2.24) is 10.2 Å². The number of carbonyl (C=O) groups is 2. The first-order valence-corrected chi connectivity index (χ1v) is 16.1. The zero-order chi connectivity index (χ0) is 31.3. The molecule has 3 aromatic carbocycles. The molecule has 1 fully saturated rings. The van der Waals surface area contributed by atoms with Crippen LogP contribution in [0.5, 0.6) is 11.5 Å². The van der Waals surface area contributed by atoms with E-state index in [1.165, 1.54) is 59.5 Å². The highest BCUT2D eigenvalue weighted by Gasteiger charge is 2.35. The fraction of sp³-hybridized carbons (Fsp3) is 0.375. The number of benzene rings is 3. The van der Waals surface area contributed by atoms with Gasteiger partial charge in [0.2, 0.25) is 11.8 Å². The van der Waals surface area contributed by atoms with E-state index in [1.54, 1.807) is 6.92 Å². The second kappa shape index (κ2) is 13.6. The third kappa shape index (κ3) is 7.12. The molecule has 0 aromatic heterocycles. The van der Waals surface area contributed by atoms with Gasteiger partial charge in [-0.1, -0.05) is 31.9 Å². The summed E-state index contributed by atoms with van der Waals surface area (Å²) >= 11 is 0. The van der Waals surface area contributed by atoms with Gasteiger partial charge in [0.05, 0.1) is 10.6 Å². The Morgan fingerprint density at radius 2 is 1.52 bits per heavy atom. The van der Waals surface area contributed by atoms with E-state index in [0.29, 0.717) is 17.9 Å². The number of hydrogen-bond acceptors (Lipinski definition) is 6. The SMILES string of the molecule is CC[C@H](C(=O)NC1CCCC1)N(Cc1ccc(F)cc1)C(=O)CN(c1ccc(F)cc1)S(=O)(=O)c1ccc2c(c1)OCCO2. The summed E-state index contributed by atoms with van der Waals surface area (Å²) in [7, 11) is -4.40. The van der Waals surface area contributed by atoms with Gasteiger partial charge in [-0.05, 0) is 73.4 Å². The average Bonchev–Trinajstić information content (AvgIpc) is 3.54. The van der Waals surface area contributed by atoms with Gasteiger partial charge in [0.15, 0.2) is 11.5 Å². The summed E-state index contributed by atoms with van der Waals surface area (Å²) < 4.78 is 67.8. The molecule has 1 heterocycles. The van der Waals surface area contributed by atoms with Crippen LogP contribution in [0.2, 0.25) is 0 Å². The number of ether oxygens (including phenoxy) is 2. The first-order valence-electron chi connectivity index (χ1n) is 14.7. The van der Waals surface area contributed by atoms with Crippen LogP contribution in [0.25, 0.3) is 0 Å². The number of hydrogen-bond donors (Lipinski definition) is 1. The van der Waals surface area contributed by atoms with Crippen LogP contribution in [0.3, 0.4) is 0 Å². The molecule has 12 heteroatoms. The molecular formula is C32H35F2N3O6S. The van der Waals surface area contributed by atoms with Crippen LogP contribution in [0.4, 0.5) is 14.5 Å². The molecule has 1 N–H and O–H groups in total. The van der Waals surface area contributed by atoms with Crippen molar-refractivity contribution in [1.29, 1.82) is 0 Å². The second-order valence-corrected chi connectivity index (χ2v) is 12.7. The van der Waals surface area contributed by atoms with Crippen LogP contribution < -0.4 is 19.1 Å². The molecule has 44 heavy (non-hydrogen) atoms. The van der Waals surface area contributed by atoms with E-state index in [9.17, 15) is 26.8 Å². The molecule has 1 aliphatic heterocycles. The van der Waals surface area contributed by atoms with Crippen molar-refractivity contribution in [3.63, 3.8) is 0 Å². The van der Waals surface area contributed by atoms with Crippen molar-refractivity contribution in [2.75, 3.05) is 24.1 Å². The van der Waals surface area contributed by atoms with E-state index in [1.807, 2.05) is 0 Å². The minimum absolute atomic E-state index is 0.00521. The summed E-state index contributed by atoms with van der Waals surface area (Å²) in [5, 5.41) is 3.04. The number of halogens is 2. The van der Waals surface area contributed by atoms with Crippen LogP contribution in [0.1, 0.15) is 44.6 Å². The Balaban J connectivity index is 1.50. The van der Waals surface area contributed by atoms with Crippen molar-refractivity contribution in [2.24, 2.45) is 0 Å². The van der Waals surface area contributed by atoms with Gasteiger partial charge in [-0.25, -0.2) is 17.2 Å². The minimum Gasteiger partial charge on any atom is -0.486 e. The largest absolute Gasteiger partial charge is 0.486 e. The molecule has 0 saturated heterocycles. The van der Waals surface area contributed by atoms with Crippen molar-refractivity contribution in [3.05, 3.63) is 83.9 Å². The van der Waals surface area contributed by atoms with Gasteiger partial charge >= 0.3 is 0 Å². The van der Waals surface area contributed by atoms with Gasteiger partial charge in [-0.3, -0.25) is 13.9 Å². The molecule has 5 rings (SSSR count). The maximum Gasteiger partial charge on any atom is 0.264 e. The van der Waals surface area contributed by atoms with E-state index in [2.05, 4.69) is 5.32 Å². The van der Waals surface area contributed by atoms with Gasteiger partial charge in [-0.15, -0.1) is 0 Å². The Morgan fingerprint density at radius 3 is 2.16 bits per heavy atom. The normalized spacial score (nSPS) is 15.4. The average molecular weight is 628 g/mol. The van der Waals surface area contributed by atoms with Gasteiger partial charge in [0.25, 0.3) is 10.0 Å². The Bertz CT molecular complexity index is 1580. The zero-order valence-electron chi connectivity index (χ0n) is 24.4. The van der Waals surface area contributed by atoms with E-state index in [4.69, 9.17) is 9.47 Å². The number of fused-ring (bicyclic) bond motifs is 1. The Kier molecular flexibility index (Phi) is 9.68. The molecule has 9 nitrogen and oxygen atoms in total. The minimum atomic E-state index is -4.40. The van der Waals surface area contributed by atoms with Gasteiger partial charge in [0.1, 0.15) is 37.4 Å². The zero-order valence-corrected chi connectivity index (χ0v) is 25.2. The Morgan fingerprint density at radius 1 is 0.909 bits per heavy atom. The predicted octanol–water partition coefficient (Wildman–Crippen LogP) is 4.80. The molecule has 1 atom stereocenters. The summed E-state index contributed by atoms with van der Waals surface area (Å²) in [6.45, 7) is 1.60. The van der Waals surface area contributed by atoms with Crippen molar-refractivity contribution < 1.29 is 36.3 Å². The number of carbonyl (C=O) groups excluding carboxylic acids is 2. The van der Waals surface area contributed by atoms with Gasteiger partial charge in [0, 0.05) is 18.7 Å². The summed E-state index contributed by atoms with van der Waals surface area (Å²) in [5.74, 6) is -1.39. The van der Waals surface area contributed by atoms with Gasteiger partial charge in [-0.2, -0.15) is 0 Å². The molecule has 0 spiro atoms. The molecule has 2 amide bonds. The summed E-state index contributed by atoms with van der Waals surface area (Å²) in [5.41, 5.74) is 0.620. The predicted molar refractivity (Wildman–Crippen MR) is 160 cm³/mol. The lowest BCUT2D eigenvalue weighted by Gasteiger charge is -2.34. The van der Waals surface area contributed by atoms with Gasteiger partial charge < -0.3 is 19.7 Å². The molecule has 0 radical (unpaired) electrons. The number of nitrogens with one attached hydrogen (secondary N) is 1. The lowest BCUT2D eigenvalue weighted by atomic mass is 10.1. The molecular weight excluding hydrogens is 592 g/mol. The summed E-state index contributed by atoms with van der Waals surface area (Å²) in [4.78, 5) is 28.8. The number of anilines is 1. The second-order valence-electron chi connectivity index (χ2n) is 10.9. The van der Waals surface area contributed by atoms with Crippen molar-refractivity contribution in [3.8, 4) is 11.5 Å². The summed E-state index contributed by atoms with van der Waals surface area (Å²) in [6.07, 6.45) is 3.96. The molecule has 234 valence electrons. The lowest BCUT2D eigenvalue weighted by Crippen LogP contribution is -2.53. The molecule has 3 aromatic rings. The fourth-order valence-corrected chi connectivity index (χ4v) is 6.95. The third-order valence-electron chi connectivity index (χ3n) is 7.85. The van der Waals surface area contributed by atoms with Crippen LogP contribution in [-0.2, 0) is 26.2 Å². The van der Waals surface area contributed by atoms with E-state index < -0.39 is 40.2 Å². The lowest BCUT2D eigenvalue weighted by molar-refractivity contribution is -0.140. The molecule has 1 saturated carbocycles. The van der Waals surface area contributed by atoms with Crippen LogP contribution in [-0.4, -0.2) is 57.0 Å². The van der Waals surface area contributed by atoms with E-state index in [0.717, 1.165) is 42.1 Å².